The number of halogens is 1. The molecule has 0 heterocycles. The van der Waals surface area contributed by atoms with E-state index in [0.717, 1.165) is 0 Å². The maximum atomic E-state index is 11.4. The van der Waals surface area contributed by atoms with Crippen molar-refractivity contribution < 1.29 is 9.59 Å². The van der Waals surface area contributed by atoms with Gasteiger partial charge in [0.15, 0.2) is 16.9 Å². The maximum absolute atomic E-state index is 11.4. The Hall–Kier alpha value is -1.15. The van der Waals surface area contributed by atoms with Crippen molar-refractivity contribution in [2.75, 3.05) is 0 Å². The van der Waals surface area contributed by atoms with Gasteiger partial charge in [0.05, 0.1) is 0 Å². The second-order valence-electron chi connectivity index (χ2n) is 2.70. The summed E-state index contributed by atoms with van der Waals surface area (Å²) in [5, 5.41) is -1.05. The number of Topliss-reactive ketones (excluding diaryl/α,β-unsaturated/α-hetero) is 2. The van der Waals surface area contributed by atoms with Crippen molar-refractivity contribution in [1.29, 1.82) is 0 Å². The fourth-order valence-corrected chi connectivity index (χ4v) is 1.06. The largest absolute Gasteiger partial charge is 0.298 e. The van der Waals surface area contributed by atoms with Crippen LogP contribution in [0, 0.1) is 0 Å². The van der Waals surface area contributed by atoms with E-state index < -0.39 is 5.38 Å². The smallest absolute Gasteiger partial charge is 0.188 e. The minimum Gasteiger partial charge on any atom is -0.298 e. The predicted molar refractivity (Wildman–Crippen MR) is 51.1 cm³/mol. The molecular weight excluding hydrogens is 188 g/mol. The van der Waals surface area contributed by atoms with E-state index in [4.69, 9.17) is 11.6 Å². The van der Waals surface area contributed by atoms with E-state index in [1.165, 1.54) is 6.92 Å². The number of hydrogen-bond acceptors (Lipinski definition) is 2. The first kappa shape index (κ1) is 9.93. The van der Waals surface area contributed by atoms with Crippen molar-refractivity contribution in [2.45, 2.75) is 12.3 Å². The van der Waals surface area contributed by atoms with E-state index >= 15 is 0 Å². The molecule has 0 fully saturated rings. The molecule has 68 valence electrons. The van der Waals surface area contributed by atoms with Crippen molar-refractivity contribution in [3.8, 4) is 0 Å². The first-order valence-corrected chi connectivity index (χ1v) is 4.30. The fourth-order valence-electron chi connectivity index (χ4n) is 0.933. The van der Waals surface area contributed by atoms with E-state index in [1.807, 2.05) is 0 Å². The monoisotopic (exact) mass is 196 g/mol. The Morgan fingerprint density at radius 2 is 1.77 bits per heavy atom. The van der Waals surface area contributed by atoms with Gasteiger partial charge in [-0.3, -0.25) is 9.59 Å². The lowest BCUT2D eigenvalue weighted by molar-refractivity contribution is -0.115. The van der Waals surface area contributed by atoms with Gasteiger partial charge in [0.2, 0.25) is 0 Å². The second-order valence-corrected chi connectivity index (χ2v) is 3.14. The third-order valence-electron chi connectivity index (χ3n) is 1.65. The first-order chi connectivity index (χ1) is 6.13. The summed E-state index contributed by atoms with van der Waals surface area (Å²) >= 11 is 5.60. The molecule has 1 aromatic rings. The summed E-state index contributed by atoms with van der Waals surface area (Å²) in [5.74, 6) is -0.662. The van der Waals surface area contributed by atoms with Crippen molar-refractivity contribution in [3.63, 3.8) is 0 Å². The van der Waals surface area contributed by atoms with E-state index in [-0.39, 0.29) is 11.6 Å². The predicted octanol–water partition coefficient (Wildman–Crippen LogP) is 2.07. The molecule has 0 amide bonds. The van der Waals surface area contributed by atoms with Gasteiger partial charge in [0.25, 0.3) is 0 Å². The Kier molecular flexibility index (Phi) is 3.20. The molecular formula is C10H9ClO2. The van der Waals surface area contributed by atoms with E-state index in [2.05, 4.69) is 0 Å². The van der Waals surface area contributed by atoms with E-state index in [1.54, 1.807) is 30.3 Å². The van der Waals surface area contributed by atoms with Crippen molar-refractivity contribution in [1.82, 2.24) is 0 Å². The zero-order chi connectivity index (χ0) is 9.84. The van der Waals surface area contributed by atoms with Crippen LogP contribution in [0.5, 0.6) is 0 Å². The summed E-state index contributed by atoms with van der Waals surface area (Å²) in [6.07, 6.45) is 0. The highest BCUT2D eigenvalue weighted by molar-refractivity contribution is 6.44. The number of hydrogen-bond donors (Lipinski definition) is 0. The standard InChI is InChI=1S/C10H9ClO2/c1-7(12)9(11)10(13)8-5-3-2-4-6-8/h2-6,9H,1H3. The minimum absolute atomic E-state index is 0.324. The zero-order valence-electron chi connectivity index (χ0n) is 7.16. The topological polar surface area (TPSA) is 34.1 Å². The summed E-state index contributed by atoms with van der Waals surface area (Å²) in [7, 11) is 0. The SMILES string of the molecule is CC(=O)C(Cl)C(=O)c1ccccc1. The summed E-state index contributed by atoms with van der Waals surface area (Å²) in [6, 6.07) is 8.54. The number of rotatable bonds is 3. The molecule has 0 spiro atoms. The van der Waals surface area contributed by atoms with Gasteiger partial charge in [0, 0.05) is 5.56 Å². The summed E-state index contributed by atoms with van der Waals surface area (Å²) in [5.41, 5.74) is 0.470. The Morgan fingerprint density at radius 1 is 1.23 bits per heavy atom. The summed E-state index contributed by atoms with van der Waals surface area (Å²) < 4.78 is 0. The molecule has 0 aliphatic carbocycles. The van der Waals surface area contributed by atoms with Gasteiger partial charge in [-0.15, -0.1) is 11.6 Å². The highest BCUT2D eigenvalue weighted by Gasteiger charge is 2.20. The molecule has 0 N–H and O–H groups in total. The van der Waals surface area contributed by atoms with Crippen LogP contribution < -0.4 is 0 Å². The molecule has 2 nitrogen and oxygen atoms in total. The molecule has 0 saturated heterocycles. The van der Waals surface area contributed by atoms with Crippen LogP contribution in [0.1, 0.15) is 17.3 Å². The minimum atomic E-state index is -1.05. The lowest BCUT2D eigenvalue weighted by Crippen LogP contribution is -2.22. The van der Waals surface area contributed by atoms with E-state index in [0.29, 0.717) is 5.56 Å². The normalized spacial score (nSPS) is 12.2. The molecule has 0 saturated carbocycles. The lowest BCUT2D eigenvalue weighted by atomic mass is 10.1. The molecule has 0 radical (unpaired) electrons. The van der Waals surface area contributed by atoms with Crippen molar-refractivity contribution >= 4 is 23.2 Å². The highest BCUT2D eigenvalue weighted by atomic mass is 35.5. The van der Waals surface area contributed by atoms with Crippen molar-refractivity contribution in [2.24, 2.45) is 0 Å². The average molecular weight is 197 g/mol. The van der Waals surface area contributed by atoms with E-state index in [9.17, 15) is 9.59 Å². The molecule has 1 unspecified atom stereocenters. The van der Waals surface area contributed by atoms with Crippen molar-refractivity contribution in [3.05, 3.63) is 35.9 Å². The van der Waals surface area contributed by atoms with Crippen LogP contribution >= 0.6 is 11.6 Å². The van der Waals surface area contributed by atoms with Crippen LogP contribution in [-0.2, 0) is 4.79 Å². The molecule has 13 heavy (non-hydrogen) atoms. The van der Waals surface area contributed by atoms with Gasteiger partial charge >= 0.3 is 0 Å². The number of ketones is 2. The van der Waals surface area contributed by atoms with Gasteiger partial charge in [-0.2, -0.15) is 0 Å². The molecule has 0 aromatic heterocycles. The Bertz CT molecular complexity index is 319. The Balaban J connectivity index is 2.86. The maximum Gasteiger partial charge on any atom is 0.188 e. The fraction of sp³-hybridized carbons (Fsp3) is 0.200. The average Bonchev–Trinajstić information content (AvgIpc) is 2.17. The number of benzene rings is 1. The molecule has 0 bridgehead atoms. The first-order valence-electron chi connectivity index (χ1n) is 3.86. The van der Waals surface area contributed by atoms with Gasteiger partial charge < -0.3 is 0 Å². The third kappa shape index (κ3) is 2.39. The van der Waals surface area contributed by atoms with Crippen LogP contribution in [0.2, 0.25) is 0 Å². The zero-order valence-corrected chi connectivity index (χ0v) is 7.91. The number of alkyl halides is 1. The summed E-state index contributed by atoms with van der Waals surface area (Å²) in [6.45, 7) is 1.30. The summed E-state index contributed by atoms with van der Waals surface area (Å²) in [4.78, 5) is 22.2. The molecule has 1 rings (SSSR count). The van der Waals surface area contributed by atoms with Gasteiger partial charge in [-0.1, -0.05) is 30.3 Å². The van der Waals surface area contributed by atoms with Crippen LogP contribution in [0.15, 0.2) is 30.3 Å². The highest BCUT2D eigenvalue weighted by Crippen LogP contribution is 2.08. The second kappa shape index (κ2) is 4.19. The quantitative estimate of drug-likeness (QED) is 0.421. The van der Waals surface area contributed by atoms with Crippen LogP contribution in [0.4, 0.5) is 0 Å². The number of carbonyl (C=O) groups is 2. The Morgan fingerprint density at radius 3 is 2.23 bits per heavy atom. The van der Waals surface area contributed by atoms with Crippen LogP contribution in [0.3, 0.4) is 0 Å². The van der Waals surface area contributed by atoms with Crippen LogP contribution in [0.25, 0.3) is 0 Å². The molecule has 1 atom stereocenters. The van der Waals surface area contributed by atoms with Gasteiger partial charge in [-0.05, 0) is 6.92 Å². The molecule has 0 aliphatic rings. The third-order valence-corrected chi connectivity index (χ3v) is 2.15. The van der Waals surface area contributed by atoms with Crippen LogP contribution in [-0.4, -0.2) is 16.9 Å². The van der Waals surface area contributed by atoms with Gasteiger partial charge in [0.1, 0.15) is 0 Å². The molecule has 1 aromatic carbocycles. The molecule has 3 heteroatoms. The number of carbonyl (C=O) groups excluding carboxylic acids is 2. The molecule has 0 aliphatic heterocycles. The van der Waals surface area contributed by atoms with Gasteiger partial charge in [-0.25, -0.2) is 0 Å². The Labute approximate surface area is 81.5 Å². The lowest BCUT2D eigenvalue weighted by Gasteiger charge is -2.03.